The summed E-state index contributed by atoms with van der Waals surface area (Å²) in [6, 6.07) is 6.11. The molecule has 0 unspecified atom stereocenters. The maximum absolute atomic E-state index is 10.6. The Morgan fingerprint density at radius 3 is 1.69 bits per heavy atom. The third kappa shape index (κ3) is 20.3. The van der Waals surface area contributed by atoms with Crippen LogP contribution >= 0.6 is 11.6 Å². The molecule has 0 aliphatic rings. The van der Waals surface area contributed by atoms with E-state index in [-0.39, 0.29) is 17.0 Å². The minimum Gasteiger partial charge on any atom is -0.296 e. The molecule has 1 rings (SSSR count). The first-order valence-electron chi connectivity index (χ1n) is 12.2. The summed E-state index contributed by atoms with van der Waals surface area (Å²) in [5.74, 6) is -0.813. The quantitative estimate of drug-likeness (QED) is 0.100. The lowest BCUT2D eigenvalue weighted by Gasteiger charge is -2.03. The van der Waals surface area contributed by atoms with Crippen LogP contribution in [-0.4, -0.2) is 22.7 Å². The van der Waals surface area contributed by atoms with Crippen LogP contribution in [0.4, 0.5) is 0 Å². The lowest BCUT2D eigenvalue weighted by Crippen LogP contribution is -2.00. The molecule has 1 aromatic carbocycles. The third-order valence-corrected chi connectivity index (χ3v) is 5.57. The fourth-order valence-corrected chi connectivity index (χ4v) is 3.65. The molecule has 0 spiro atoms. The van der Waals surface area contributed by atoms with Crippen molar-refractivity contribution in [3.8, 4) is 0 Å². The second-order valence-corrected chi connectivity index (χ2v) is 8.69. The Bertz CT molecular complexity index is 597. The molecule has 0 heterocycles. The third-order valence-electron chi connectivity index (χ3n) is 5.34. The number of carbonyl (C=O) groups is 1. The van der Waals surface area contributed by atoms with Gasteiger partial charge in [-0.2, -0.15) is 5.26 Å². The summed E-state index contributed by atoms with van der Waals surface area (Å²) in [7, 11) is 0. The summed E-state index contributed by atoms with van der Waals surface area (Å²) in [6.45, 7) is 2.42. The number of hydrogen-bond acceptors (Lipinski definition) is 5. The normalized spacial score (nSPS) is 10.3. The van der Waals surface area contributed by atoms with Gasteiger partial charge in [-0.25, -0.2) is 4.79 Å². The van der Waals surface area contributed by atoms with Crippen molar-refractivity contribution < 1.29 is 19.9 Å². The van der Waals surface area contributed by atoms with Gasteiger partial charge < -0.3 is 0 Å². The van der Waals surface area contributed by atoms with Crippen molar-refractivity contribution in [3.63, 3.8) is 0 Å². The molecule has 0 amide bonds. The summed E-state index contributed by atoms with van der Waals surface area (Å²) < 4.78 is 0. The SMILES string of the molecule is CCCCCCCCCCCCCCCCCC[N+](=O)[O-].O=C(OO)c1cccc(Cl)c1. The fraction of sp³-hybridized carbons (Fsp3) is 0.720. The number of benzene rings is 1. The van der Waals surface area contributed by atoms with Gasteiger partial charge in [-0.15, -0.1) is 0 Å². The van der Waals surface area contributed by atoms with Crippen molar-refractivity contribution in [1.82, 2.24) is 0 Å². The number of hydrogen-bond donors (Lipinski definition) is 1. The van der Waals surface area contributed by atoms with E-state index < -0.39 is 5.97 Å². The van der Waals surface area contributed by atoms with Crippen molar-refractivity contribution in [2.75, 3.05) is 6.54 Å². The summed E-state index contributed by atoms with van der Waals surface area (Å²) in [6.07, 6.45) is 21.0. The molecule has 0 radical (unpaired) electrons. The Morgan fingerprint density at radius 1 is 0.875 bits per heavy atom. The second kappa shape index (κ2) is 22.5. The van der Waals surface area contributed by atoms with Gasteiger partial charge in [0.25, 0.3) is 0 Å². The highest BCUT2D eigenvalue weighted by Crippen LogP contribution is 2.14. The second-order valence-electron chi connectivity index (χ2n) is 8.25. The largest absolute Gasteiger partial charge is 0.372 e. The number of nitro groups is 1. The zero-order valence-corrected chi connectivity index (χ0v) is 20.5. The van der Waals surface area contributed by atoms with Crippen LogP contribution in [0.5, 0.6) is 0 Å². The number of halogens is 1. The average Bonchev–Trinajstić information content (AvgIpc) is 2.78. The Balaban J connectivity index is 0.000000726. The van der Waals surface area contributed by atoms with Crippen LogP contribution in [0.1, 0.15) is 120 Å². The van der Waals surface area contributed by atoms with E-state index in [0.29, 0.717) is 5.02 Å². The Kier molecular flexibility index (Phi) is 21.4. The molecule has 1 N–H and O–H groups in total. The molecule has 0 aromatic heterocycles. The highest BCUT2D eigenvalue weighted by molar-refractivity contribution is 6.30. The van der Waals surface area contributed by atoms with Crippen molar-refractivity contribution >= 4 is 17.6 Å². The molecular weight excluding hydrogens is 430 g/mol. The van der Waals surface area contributed by atoms with E-state index >= 15 is 0 Å². The number of rotatable bonds is 18. The molecule has 0 aliphatic carbocycles. The summed E-state index contributed by atoms with van der Waals surface area (Å²) in [5.41, 5.74) is 0.222. The van der Waals surface area contributed by atoms with E-state index in [4.69, 9.17) is 16.9 Å². The zero-order chi connectivity index (χ0) is 23.9. The Hall–Kier alpha value is -1.66. The van der Waals surface area contributed by atoms with E-state index in [9.17, 15) is 14.9 Å². The number of unbranched alkanes of at least 4 members (excludes halogenated alkanes) is 15. The highest BCUT2D eigenvalue weighted by atomic mass is 35.5. The van der Waals surface area contributed by atoms with Gasteiger partial charge >= 0.3 is 5.97 Å². The lowest BCUT2D eigenvalue weighted by molar-refractivity contribution is -0.480. The van der Waals surface area contributed by atoms with Crippen molar-refractivity contribution in [1.29, 1.82) is 0 Å². The summed E-state index contributed by atoms with van der Waals surface area (Å²) in [5, 5.41) is 18.6. The number of nitrogens with zero attached hydrogens (tertiary/aromatic N) is 1. The van der Waals surface area contributed by atoms with Crippen molar-refractivity contribution in [3.05, 3.63) is 45.0 Å². The maximum atomic E-state index is 10.6. The van der Waals surface area contributed by atoms with Crippen LogP contribution in [0.2, 0.25) is 5.02 Å². The standard InChI is InChI=1S/C18H37NO2.C7H5ClO3/c1-2-3-4-5-6-7-8-9-10-11-12-13-14-15-16-17-18-19(20)21;8-6-3-1-2-5(4-6)7(9)11-10/h2-18H2,1H3;1-4,10H. The van der Waals surface area contributed by atoms with Gasteiger partial charge in [0.15, 0.2) is 0 Å². The number of carbonyl (C=O) groups excluding carboxylic acids is 1. The van der Waals surface area contributed by atoms with Gasteiger partial charge in [0, 0.05) is 16.4 Å². The van der Waals surface area contributed by atoms with Crippen LogP contribution < -0.4 is 0 Å². The molecule has 1 aromatic rings. The molecule has 0 aliphatic heterocycles. The predicted molar refractivity (Wildman–Crippen MR) is 131 cm³/mol. The summed E-state index contributed by atoms with van der Waals surface area (Å²) >= 11 is 5.56. The minimum absolute atomic E-state index is 0.151. The van der Waals surface area contributed by atoms with E-state index in [1.165, 1.54) is 102 Å². The van der Waals surface area contributed by atoms with Gasteiger partial charge in [0.2, 0.25) is 6.54 Å². The van der Waals surface area contributed by atoms with Crippen LogP contribution in [0.25, 0.3) is 0 Å². The Labute approximate surface area is 198 Å². The molecule has 0 atom stereocenters. The monoisotopic (exact) mass is 471 g/mol. The topological polar surface area (TPSA) is 89.7 Å². The lowest BCUT2D eigenvalue weighted by atomic mass is 10.0. The van der Waals surface area contributed by atoms with Gasteiger partial charge in [-0.3, -0.25) is 15.0 Å². The van der Waals surface area contributed by atoms with Crippen LogP contribution in [-0.2, 0) is 4.89 Å². The highest BCUT2D eigenvalue weighted by Gasteiger charge is 2.05. The fourth-order valence-electron chi connectivity index (χ4n) is 3.46. The van der Waals surface area contributed by atoms with E-state index in [2.05, 4.69) is 11.8 Å². The van der Waals surface area contributed by atoms with Gasteiger partial charge in [0.1, 0.15) is 0 Å². The molecular formula is C25H42ClNO5. The zero-order valence-electron chi connectivity index (χ0n) is 19.7. The first-order valence-corrected chi connectivity index (χ1v) is 12.6. The summed E-state index contributed by atoms with van der Waals surface area (Å²) in [4.78, 5) is 24.1. The van der Waals surface area contributed by atoms with Crippen LogP contribution in [0.3, 0.4) is 0 Å². The van der Waals surface area contributed by atoms with Gasteiger partial charge in [-0.1, -0.05) is 114 Å². The van der Waals surface area contributed by atoms with E-state index in [1.807, 2.05) is 0 Å². The molecule has 32 heavy (non-hydrogen) atoms. The molecule has 0 bridgehead atoms. The Morgan fingerprint density at radius 2 is 1.31 bits per heavy atom. The van der Waals surface area contributed by atoms with E-state index in [0.717, 1.165) is 12.8 Å². The van der Waals surface area contributed by atoms with E-state index in [1.54, 1.807) is 12.1 Å². The average molecular weight is 472 g/mol. The van der Waals surface area contributed by atoms with Crippen molar-refractivity contribution in [2.45, 2.75) is 110 Å². The molecule has 7 heteroatoms. The minimum atomic E-state index is -0.813. The molecule has 0 saturated heterocycles. The first kappa shape index (κ1) is 30.3. The van der Waals surface area contributed by atoms with Crippen LogP contribution in [0.15, 0.2) is 24.3 Å². The maximum Gasteiger partial charge on any atom is 0.372 e. The smallest absolute Gasteiger partial charge is 0.296 e. The van der Waals surface area contributed by atoms with Crippen molar-refractivity contribution in [2.24, 2.45) is 0 Å². The van der Waals surface area contributed by atoms with Crippen LogP contribution in [0, 0.1) is 10.1 Å². The predicted octanol–water partition coefficient (Wildman–Crippen LogP) is 8.49. The van der Waals surface area contributed by atoms with Gasteiger partial charge in [-0.05, 0) is 24.6 Å². The molecule has 184 valence electrons. The van der Waals surface area contributed by atoms with Gasteiger partial charge in [0.05, 0.1) is 5.56 Å². The molecule has 6 nitrogen and oxygen atoms in total. The molecule has 0 saturated carbocycles. The first-order chi connectivity index (χ1) is 15.5. The molecule has 0 fully saturated rings.